The maximum atomic E-state index is 14.2. The van der Waals surface area contributed by atoms with Gasteiger partial charge in [-0.25, -0.2) is 18.6 Å². The van der Waals surface area contributed by atoms with Crippen molar-refractivity contribution in [1.82, 2.24) is 9.97 Å². The number of nitrogens with two attached hydrogens (primary N) is 1. The van der Waals surface area contributed by atoms with Crippen LogP contribution in [0.1, 0.15) is 11.5 Å². The fourth-order valence-corrected chi connectivity index (χ4v) is 3.31. The summed E-state index contributed by atoms with van der Waals surface area (Å²) in [4.78, 5) is 21.1. The average Bonchev–Trinajstić information content (AvgIpc) is 3.26. The van der Waals surface area contributed by atoms with Crippen molar-refractivity contribution in [2.75, 3.05) is 11.5 Å². The van der Waals surface area contributed by atoms with Crippen molar-refractivity contribution < 1.29 is 18.3 Å². The molecule has 2 aliphatic rings. The molecule has 2 N–H and O–H groups in total. The van der Waals surface area contributed by atoms with Crippen LogP contribution in [0, 0.1) is 17.6 Å². The number of urea groups is 1. The van der Waals surface area contributed by atoms with E-state index in [1.54, 1.807) is 0 Å². The summed E-state index contributed by atoms with van der Waals surface area (Å²) in [5, 5.41) is 0. The van der Waals surface area contributed by atoms with Crippen LogP contribution in [0.5, 0.6) is 5.75 Å². The second-order valence-corrected chi connectivity index (χ2v) is 5.54. The molecule has 118 valence electrons. The van der Waals surface area contributed by atoms with Gasteiger partial charge in [-0.2, -0.15) is 0 Å². The Balaban J connectivity index is 1.75. The summed E-state index contributed by atoms with van der Waals surface area (Å²) in [6.07, 6.45) is 4.30. The minimum atomic E-state index is -0.719. The van der Waals surface area contributed by atoms with E-state index in [4.69, 9.17) is 10.5 Å². The molecule has 1 aromatic carbocycles. The summed E-state index contributed by atoms with van der Waals surface area (Å²) in [5.74, 6) is -1.51. The van der Waals surface area contributed by atoms with Crippen LogP contribution >= 0.6 is 0 Å². The molecule has 0 radical (unpaired) electrons. The topological polar surface area (TPSA) is 81.3 Å². The summed E-state index contributed by atoms with van der Waals surface area (Å²) < 4.78 is 33.3. The molecule has 8 heteroatoms. The fraction of sp³-hybridized carbons (Fsp3) is 0.267. The predicted molar refractivity (Wildman–Crippen MR) is 76.0 cm³/mol. The molecule has 1 aliphatic carbocycles. The van der Waals surface area contributed by atoms with Gasteiger partial charge in [-0.05, 0) is 12.1 Å². The quantitative estimate of drug-likeness (QED) is 0.915. The van der Waals surface area contributed by atoms with E-state index in [0.29, 0.717) is 0 Å². The number of benzene rings is 1. The van der Waals surface area contributed by atoms with Crippen LogP contribution in [0.2, 0.25) is 0 Å². The number of carbonyl (C=O) groups is 1. The molecule has 4 rings (SSSR count). The zero-order chi connectivity index (χ0) is 16.1. The number of nitrogens with zero attached hydrogens (tertiary/aromatic N) is 3. The van der Waals surface area contributed by atoms with Crippen molar-refractivity contribution in [1.29, 1.82) is 0 Å². The van der Waals surface area contributed by atoms with E-state index in [1.165, 1.54) is 23.5 Å². The number of halogens is 2. The van der Waals surface area contributed by atoms with Crippen LogP contribution < -0.4 is 15.4 Å². The second-order valence-electron chi connectivity index (χ2n) is 5.54. The van der Waals surface area contributed by atoms with Crippen LogP contribution in [-0.4, -0.2) is 28.6 Å². The van der Waals surface area contributed by atoms with Crippen molar-refractivity contribution in [3.8, 4) is 5.75 Å². The highest BCUT2D eigenvalue weighted by Gasteiger charge is 2.60. The Morgan fingerprint density at radius 2 is 2.09 bits per heavy atom. The molecule has 3 atom stereocenters. The van der Waals surface area contributed by atoms with Gasteiger partial charge in [0.25, 0.3) is 0 Å². The molecule has 2 heterocycles. The van der Waals surface area contributed by atoms with Gasteiger partial charge in [0.1, 0.15) is 5.82 Å². The smallest absolute Gasteiger partial charge is 0.320 e. The monoisotopic (exact) mass is 318 g/mol. The predicted octanol–water partition coefficient (Wildman–Crippen LogP) is 1.81. The second kappa shape index (κ2) is 4.87. The highest BCUT2D eigenvalue weighted by Crippen LogP contribution is 2.58. The fourth-order valence-electron chi connectivity index (χ4n) is 3.31. The van der Waals surface area contributed by atoms with Crippen LogP contribution in [0.4, 0.5) is 19.4 Å². The van der Waals surface area contributed by atoms with Crippen LogP contribution in [0.25, 0.3) is 0 Å². The summed E-state index contributed by atoms with van der Waals surface area (Å²) in [5.41, 5.74) is 5.62. The van der Waals surface area contributed by atoms with Crippen LogP contribution in [0.15, 0.2) is 30.7 Å². The van der Waals surface area contributed by atoms with Crippen molar-refractivity contribution in [2.45, 2.75) is 12.0 Å². The normalized spacial score (nSPS) is 24.2. The molecule has 1 aromatic heterocycles. The van der Waals surface area contributed by atoms with Gasteiger partial charge in [-0.3, -0.25) is 9.88 Å². The van der Waals surface area contributed by atoms with Gasteiger partial charge >= 0.3 is 6.03 Å². The summed E-state index contributed by atoms with van der Waals surface area (Å²) >= 11 is 0. The van der Waals surface area contributed by atoms with E-state index in [1.807, 2.05) is 0 Å². The molecule has 0 bridgehead atoms. The molecule has 2 amide bonds. The number of aromatic nitrogens is 2. The number of hydrogen-bond donors (Lipinski definition) is 1. The van der Waals surface area contributed by atoms with Gasteiger partial charge in [0.15, 0.2) is 17.4 Å². The molecule has 0 saturated heterocycles. The highest BCUT2D eigenvalue weighted by molar-refractivity contribution is 5.91. The minimum absolute atomic E-state index is 0.0858. The summed E-state index contributed by atoms with van der Waals surface area (Å²) in [6.45, 7) is 0.187. The molecular formula is C15H12F2N4O2. The number of anilines is 1. The number of rotatable bonds is 2. The van der Waals surface area contributed by atoms with E-state index in [2.05, 4.69) is 9.97 Å². The first-order chi connectivity index (χ1) is 11.1. The molecule has 0 spiro atoms. The summed E-state index contributed by atoms with van der Waals surface area (Å²) in [6, 6.07) is 0.942. The maximum absolute atomic E-state index is 14.2. The Hall–Kier alpha value is -2.77. The lowest BCUT2D eigenvalue weighted by molar-refractivity contribution is 0.250. The van der Waals surface area contributed by atoms with Gasteiger partial charge in [0, 0.05) is 29.8 Å². The number of hydrogen-bond acceptors (Lipinski definition) is 4. The SMILES string of the molecule is NC(=O)N(c1cnccn1)[C@@H]1[C@H]2COc3c(F)ccc(F)c3[C@@H]21. The van der Waals surface area contributed by atoms with Crippen molar-refractivity contribution >= 4 is 11.8 Å². The average molecular weight is 318 g/mol. The zero-order valence-electron chi connectivity index (χ0n) is 11.8. The van der Waals surface area contributed by atoms with Gasteiger partial charge < -0.3 is 10.5 Å². The lowest BCUT2D eigenvalue weighted by Crippen LogP contribution is -2.39. The third-order valence-corrected chi connectivity index (χ3v) is 4.31. The molecule has 0 unspecified atom stereocenters. The van der Waals surface area contributed by atoms with E-state index >= 15 is 0 Å². The lowest BCUT2D eigenvalue weighted by Gasteiger charge is -2.19. The van der Waals surface area contributed by atoms with Gasteiger partial charge in [0.2, 0.25) is 0 Å². The van der Waals surface area contributed by atoms with Crippen molar-refractivity contribution in [3.63, 3.8) is 0 Å². The third kappa shape index (κ3) is 2.01. The number of ether oxygens (including phenoxy) is 1. The van der Waals surface area contributed by atoms with Crippen molar-refractivity contribution in [2.24, 2.45) is 11.7 Å². The van der Waals surface area contributed by atoms with E-state index in [9.17, 15) is 13.6 Å². The number of primary amides is 1. The molecule has 1 fully saturated rings. The number of carbonyl (C=O) groups excluding carboxylic acids is 1. The Kier molecular flexibility index (Phi) is 2.93. The first-order valence-electron chi connectivity index (χ1n) is 7.05. The third-order valence-electron chi connectivity index (χ3n) is 4.31. The molecular weight excluding hydrogens is 306 g/mol. The van der Waals surface area contributed by atoms with Crippen LogP contribution in [0.3, 0.4) is 0 Å². The Morgan fingerprint density at radius 1 is 1.30 bits per heavy atom. The zero-order valence-corrected chi connectivity index (χ0v) is 11.8. The maximum Gasteiger partial charge on any atom is 0.320 e. The first-order valence-corrected chi connectivity index (χ1v) is 7.05. The molecule has 1 saturated carbocycles. The molecule has 6 nitrogen and oxygen atoms in total. The van der Waals surface area contributed by atoms with Crippen LogP contribution in [-0.2, 0) is 0 Å². The minimum Gasteiger partial charge on any atom is -0.490 e. The largest absolute Gasteiger partial charge is 0.490 e. The number of fused-ring (bicyclic) bond motifs is 3. The molecule has 23 heavy (non-hydrogen) atoms. The first kappa shape index (κ1) is 13.9. The van der Waals surface area contributed by atoms with E-state index < -0.39 is 23.7 Å². The molecule has 2 aromatic rings. The van der Waals surface area contributed by atoms with Gasteiger partial charge in [0.05, 0.1) is 18.8 Å². The highest BCUT2D eigenvalue weighted by atomic mass is 19.1. The Morgan fingerprint density at radius 3 is 2.78 bits per heavy atom. The Bertz CT molecular complexity index is 787. The standard InChI is InChI=1S/C15H12F2N4O2/c16-8-1-2-9(17)14-12(8)11-7(6-23-14)13(11)21(15(18)22)10-5-19-3-4-20-10/h1-5,7,11,13H,6H2,(H2,18,22)/t7-,11+,13+/m0/s1. The molecule has 1 aliphatic heterocycles. The van der Waals surface area contributed by atoms with Crippen molar-refractivity contribution in [3.05, 3.63) is 47.9 Å². The lowest BCUT2D eigenvalue weighted by atomic mass is 10.0. The Labute approximate surface area is 129 Å². The van der Waals surface area contributed by atoms with E-state index in [-0.39, 0.29) is 35.6 Å². The number of amides is 2. The van der Waals surface area contributed by atoms with Gasteiger partial charge in [-0.15, -0.1) is 0 Å². The summed E-state index contributed by atoms with van der Waals surface area (Å²) in [7, 11) is 0. The van der Waals surface area contributed by atoms with Gasteiger partial charge in [-0.1, -0.05) is 0 Å². The van der Waals surface area contributed by atoms with E-state index in [0.717, 1.165) is 12.1 Å².